The van der Waals surface area contributed by atoms with Gasteiger partial charge in [0.1, 0.15) is 0 Å². The quantitative estimate of drug-likeness (QED) is 0.842. The molecule has 1 aliphatic carbocycles. The van der Waals surface area contributed by atoms with Crippen LogP contribution in [0.15, 0.2) is 0 Å². The Morgan fingerprint density at radius 2 is 1.90 bits per heavy atom. The first-order chi connectivity index (χ1) is 9.61. The third-order valence-corrected chi connectivity index (χ3v) is 6.33. The van der Waals surface area contributed by atoms with Crippen LogP contribution in [0.5, 0.6) is 0 Å². The molecule has 1 aliphatic heterocycles. The number of likely N-dealkylation sites (tertiary alicyclic amines) is 1. The van der Waals surface area contributed by atoms with Crippen molar-refractivity contribution in [1.29, 1.82) is 0 Å². The molecule has 1 saturated heterocycles. The lowest BCUT2D eigenvalue weighted by Gasteiger charge is -2.49. The third-order valence-electron chi connectivity index (χ3n) is 6.33. The molecule has 2 rings (SSSR count). The van der Waals surface area contributed by atoms with Crippen LogP contribution in [0.25, 0.3) is 0 Å². The summed E-state index contributed by atoms with van der Waals surface area (Å²) in [5.74, 6) is 2.69. The van der Waals surface area contributed by atoms with Gasteiger partial charge in [0.05, 0.1) is 0 Å². The Hall–Kier alpha value is -0.0800. The molecule has 0 aromatic carbocycles. The summed E-state index contributed by atoms with van der Waals surface area (Å²) in [7, 11) is 0. The number of nitrogens with zero attached hydrogens (tertiary/aromatic N) is 1. The lowest BCUT2D eigenvalue weighted by Crippen LogP contribution is -2.57. The lowest BCUT2D eigenvalue weighted by atomic mass is 9.70. The standard InChI is InChI=1S/C18H36N2/c1-4-6-17-7-5-11-20(12-9-17)18(14-19)10-8-15(2)16(3)13-18/h15-17H,4-14,19H2,1-3H3. The van der Waals surface area contributed by atoms with Gasteiger partial charge in [0.2, 0.25) is 0 Å². The maximum absolute atomic E-state index is 6.28. The summed E-state index contributed by atoms with van der Waals surface area (Å²) in [6.07, 6.45) is 11.0. The molecule has 4 unspecified atom stereocenters. The molecule has 0 aromatic heterocycles. The summed E-state index contributed by atoms with van der Waals surface area (Å²) in [4.78, 5) is 2.80. The van der Waals surface area contributed by atoms with Gasteiger partial charge < -0.3 is 5.73 Å². The first kappa shape index (κ1) is 16.3. The van der Waals surface area contributed by atoms with E-state index in [0.717, 1.165) is 24.3 Å². The molecule has 2 aliphatic rings. The van der Waals surface area contributed by atoms with Crippen LogP contribution < -0.4 is 5.73 Å². The molecule has 2 fully saturated rings. The van der Waals surface area contributed by atoms with E-state index < -0.39 is 0 Å². The predicted octanol–water partition coefficient (Wildman–Crippen LogP) is 4.04. The summed E-state index contributed by atoms with van der Waals surface area (Å²) in [5, 5.41) is 0. The highest BCUT2D eigenvalue weighted by molar-refractivity contribution is 4.98. The van der Waals surface area contributed by atoms with E-state index in [1.165, 1.54) is 64.5 Å². The van der Waals surface area contributed by atoms with Gasteiger partial charge in [0.25, 0.3) is 0 Å². The van der Waals surface area contributed by atoms with E-state index in [1.54, 1.807) is 0 Å². The molecule has 4 atom stereocenters. The van der Waals surface area contributed by atoms with Crippen molar-refractivity contribution in [3.63, 3.8) is 0 Å². The fourth-order valence-corrected chi connectivity index (χ4v) is 4.62. The van der Waals surface area contributed by atoms with Crippen molar-refractivity contribution in [2.75, 3.05) is 19.6 Å². The van der Waals surface area contributed by atoms with Crippen LogP contribution in [0.2, 0.25) is 0 Å². The van der Waals surface area contributed by atoms with Crippen LogP contribution in [0.4, 0.5) is 0 Å². The smallest absolute Gasteiger partial charge is 0.0334 e. The fraction of sp³-hybridized carbons (Fsp3) is 1.00. The minimum Gasteiger partial charge on any atom is -0.329 e. The van der Waals surface area contributed by atoms with E-state index in [-0.39, 0.29) is 0 Å². The molecule has 2 nitrogen and oxygen atoms in total. The monoisotopic (exact) mass is 280 g/mol. The fourth-order valence-electron chi connectivity index (χ4n) is 4.62. The Bertz CT molecular complexity index is 291. The topological polar surface area (TPSA) is 29.3 Å². The number of hydrogen-bond donors (Lipinski definition) is 1. The second-order valence-electron chi connectivity index (χ2n) is 7.70. The molecule has 1 saturated carbocycles. The highest BCUT2D eigenvalue weighted by Gasteiger charge is 2.41. The second kappa shape index (κ2) is 7.26. The van der Waals surface area contributed by atoms with Crippen molar-refractivity contribution < 1.29 is 0 Å². The Morgan fingerprint density at radius 1 is 1.10 bits per heavy atom. The molecule has 20 heavy (non-hydrogen) atoms. The maximum atomic E-state index is 6.28. The Kier molecular flexibility index (Phi) is 5.92. The number of rotatable bonds is 4. The van der Waals surface area contributed by atoms with E-state index >= 15 is 0 Å². The van der Waals surface area contributed by atoms with Gasteiger partial charge in [-0.1, -0.05) is 33.6 Å². The van der Waals surface area contributed by atoms with Crippen LogP contribution in [0.3, 0.4) is 0 Å². The Balaban J connectivity index is 2.00. The molecule has 0 spiro atoms. The zero-order valence-corrected chi connectivity index (χ0v) is 14.0. The van der Waals surface area contributed by atoms with E-state index in [9.17, 15) is 0 Å². The summed E-state index contributed by atoms with van der Waals surface area (Å²) < 4.78 is 0. The van der Waals surface area contributed by atoms with Crippen molar-refractivity contribution in [3.05, 3.63) is 0 Å². The second-order valence-corrected chi connectivity index (χ2v) is 7.70. The normalized spacial score (nSPS) is 40.5. The van der Waals surface area contributed by atoms with Crippen molar-refractivity contribution in [2.24, 2.45) is 23.5 Å². The highest BCUT2D eigenvalue weighted by atomic mass is 15.2. The SMILES string of the molecule is CCCC1CCCN(C2(CN)CCC(C)C(C)C2)CC1. The molecule has 0 aromatic rings. The van der Waals surface area contributed by atoms with Gasteiger partial charge in [0.15, 0.2) is 0 Å². The summed E-state index contributed by atoms with van der Waals surface area (Å²) >= 11 is 0. The molecular weight excluding hydrogens is 244 g/mol. The van der Waals surface area contributed by atoms with Gasteiger partial charge in [-0.2, -0.15) is 0 Å². The van der Waals surface area contributed by atoms with E-state index in [2.05, 4.69) is 25.7 Å². The summed E-state index contributed by atoms with van der Waals surface area (Å²) in [6, 6.07) is 0. The van der Waals surface area contributed by atoms with Crippen molar-refractivity contribution in [3.8, 4) is 0 Å². The summed E-state index contributed by atoms with van der Waals surface area (Å²) in [5.41, 5.74) is 6.61. The Morgan fingerprint density at radius 3 is 2.55 bits per heavy atom. The molecule has 1 heterocycles. The minimum atomic E-state index is 0.326. The van der Waals surface area contributed by atoms with Gasteiger partial charge in [-0.15, -0.1) is 0 Å². The Labute approximate surface area is 126 Å². The third kappa shape index (κ3) is 3.57. The zero-order chi connectivity index (χ0) is 14.6. The van der Waals surface area contributed by atoms with E-state index in [1.807, 2.05) is 0 Å². The minimum absolute atomic E-state index is 0.326. The molecule has 118 valence electrons. The van der Waals surface area contributed by atoms with E-state index in [0.29, 0.717) is 5.54 Å². The number of hydrogen-bond acceptors (Lipinski definition) is 2. The predicted molar refractivity (Wildman–Crippen MR) is 87.8 cm³/mol. The maximum Gasteiger partial charge on any atom is 0.0334 e. The van der Waals surface area contributed by atoms with Gasteiger partial charge in [0, 0.05) is 12.1 Å². The van der Waals surface area contributed by atoms with Crippen LogP contribution in [0, 0.1) is 17.8 Å². The van der Waals surface area contributed by atoms with Crippen LogP contribution in [-0.4, -0.2) is 30.1 Å². The van der Waals surface area contributed by atoms with Crippen molar-refractivity contribution in [1.82, 2.24) is 4.90 Å². The van der Waals surface area contributed by atoms with Crippen LogP contribution in [0.1, 0.15) is 72.1 Å². The lowest BCUT2D eigenvalue weighted by molar-refractivity contribution is 0.0227. The molecule has 0 radical (unpaired) electrons. The van der Waals surface area contributed by atoms with Crippen molar-refractivity contribution >= 4 is 0 Å². The molecule has 2 N–H and O–H groups in total. The highest BCUT2D eigenvalue weighted by Crippen LogP contribution is 2.40. The van der Waals surface area contributed by atoms with E-state index in [4.69, 9.17) is 5.73 Å². The van der Waals surface area contributed by atoms with Crippen molar-refractivity contribution in [2.45, 2.75) is 77.7 Å². The molecular formula is C18H36N2. The first-order valence-corrected chi connectivity index (χ1v) is 9.06. The average Bonchev–Trinajstić information content (AvgIpc) is 2.69. The zero-order valence-electron chi connectivity index (χ0n) is 14.0. The van der Waals surface area contributed by atoms with Gasteiger partial charge >= 0.3 is 0 Å². The first-order valence-electron chi connectivity index (χ1n) is 9.06. The van der Waals surface area contributed by atoms with Crippen LogP contribution in [-0.2, 0) is 0 Å². The van der Waals surface area contributed by atoms with Crippen LogP contribution >= 0.6 is 0 Å². The number of nitrogens with two attached hydrogens (primary N) is 1. The molecule has 0 bridgehead atoms. The summed E-state index contributed by atoms with van der Waals surface area (Å²) in [6.45, 7) is 10.6. The molecule has 2 heteroatoms. The van der Waals surface area contributed by atoms with Gasteiger partial charge in [-0.3, -0.25) is 4.90 Å². The largest absolute Gasteiger partial charge is 0.329 e. The molecule has 0 amide bonds. The average molecular weight is 281 g/mol. The van der Waals surface area contributed by atoms with Gasteiger partial charge in [-0.25, -0.2) is 0 Å². The van der Waals surface area contributed by atoms with Gasteiger partial charge in [-0.05, 0) is 69.4 Å².